The summed E-state index contributed by atoms with van der Waals surface area (Å²) >= 11 is 1.68. The summed E-state index contributed by atoms with van der Waals surface area (Å²) in [7, 11) is 0. The van der Waals surface area contributed by atoms with Crippen molar-refractivity contribution in [2.75, 3.05) is 11.5 Å². The number of thioether (sulfide) groups is 1. The van der Waals surface area contributed by atoms with Gasteiger partial charge in [0.15, 0.2) is 0 Å². The highest BCUT2D eigenvalue weighted by molar-refractivity contribution is 7.99. The number of amides is 2. The first-order valence-electron chi connectivity index (χ1n) is 11.2. The Hall–Kier alpha value is -2.29. The molecule has 0 radical (unpaired) electrons. The second-order valence-corrected chi connectivity index (χ2v) is 10.4. The molecule has 1 aliphatic rings. The average molecular weight is 466 g/mol. The normalized spacial score (nSPS) is 16.6. The van der Waals surface area contributed by atoms with Crippen LogP contribution in [-0.2, 0) is 9.53 Å². The van der Waals surface area contributed by atoms with Crippen LogP contribution in [0.5, 0.6) is 0 Å². The van der Waals surface area contributed by atoms with E-state index in [9.17, 15) is 19.7 Å². The molecule has 1 aromatic rings. The molecule has 0 aromatic heterocycles. The average Bonchev–Trinajstić information content (AvgIpc) is 2.72. The molecule has 0 unspecified atom stereocenters. The highest BCUT2D eigenvalue weighted by atomic mass is 32.2. The third kappa shape index (κ3) is 9.06. The minimum atomic E-state index is -0.737. The molecule has 9 heteroatoms. The van der Waals surface area contributed by atoms with Gasteiger partial charge >= 0.3 is 6.09 Å². The Kier molecular flexibility index (Phi) is 9.81. The molecule has 32 heavy (non-hydrogen) atoms. The zero-order chi connectivity index (χ0) is 23.7. The Bertz CT molecular complexity index is 773. The highest BCUT2D eigenvalue weighted by Gasteiger charge is 2.26. The van der Waals surface area contributed by atoms with E-state index >= 15 is 0 Å². The van der Waals surface area contributed by atoms with Crippen molar-refractivity contribution in [1.82, 2.24) is 10.6 Å². The zero-order valence-corrected chi connectivity index (χ0v) is 20.2. The number of ether oxygens (including phenoxy) is 1. The van der Waals surface area contributed by atoms with E-state index in [1.54, 1.807) is 51.6 Å². The highest BCUT2D eigenvalue weighted by Crippen LogP contribution is 2.27. The molecular formula is C23H35N3O5S. The van der Waals surface area contributed by atoms with Gasteiger partial charge in [0.05, 0.1) is 11.0 Å². The molecule has 1 aromatic carbocycles. The maximum absolute atomic E-state index is 13.0. The molecule has 1 saturated carbocycles. The maximum atomic E-state index is 13.0. The standard InChI is InChI=1S/C23H35N3O5S/c1-16(18-10-12-19(13-11-18)26(29)30)24-21(27)20(25-22(28)31-23(2,3)4)15-32-14-17-8-6-5-7-9-17/h10-13,16-17,20H,5-9,14-15H2,1-4H3,(H,24,27)(H,25,28)/t16-,20+/m1/s1. The minimum absolute atomic E-state index is 0.00384. The van der Waals surface area contributed by atoms with Gasteiger partial charge in [0, 0.05) is 17.9 Å². The van der Waals surface area contributed by atoms with Crippen LogP contribution < -0.4 is 10.6 Å². The molecule has 2 atom stereocenters. The molecule has 0 saturated heterocycles. The molecule has 0 spiro atoms. The van der Waals surface area contributed by atoms with Crippen molar-refractivity contribution >= 4 is 29.4 Å². The quantitative estimate of drug-likeness (QED) is 0.393. The van der Waals surface area contributed by atoms with Gasteiger partial charge in [-0.3, -0.25) is 14.9 Å². The molecule has 8 nitrogen and oxygen atoms in total. The van der Waals surface area contributed by atoms with Crippen LogP contribution in [0.1, 0.15) is 71.4 Å². The lowest BCUT2D eigenvalue weighted by atomic mass is 9.91. The number of carbonyl (C=O) groups is 2. The number of hydrogen-bond acceptors (Lipinski definition) is 6. The van der Waals surface area contributed by atoms with Gasteiger partial charge in [0.2, 0.25) is 5.91 Å². The van der Waals surface area contributed by atoms with Crippen LogP contribution in [0.4, 0.5) is 10.5 Å². The fourth-order valence-electron chi connectivity index (χ4n) is 3.62. The van der Waals surface area contributed by atoms with Crippen LogP contribution in [0, 0.1) is 16.0 Å². The van der Waals surface area contributed by atoms with Crippen LogP contribution in [0.15, 0.2) is 24.3 Å². The molecule has 178 valence electrons. The summed E-state index contributed by atoms with van der Waals surface area (Å²) in [4.78, 5) is 35.7. The third-order valence-corrected chi connectivity index (χ3v) is 6.61. The molecule has 0 heterocycles. The Morgan fingerprint density at radius 2 is 1.78 bits per heavy atom. The molecule has 2 N–H and O–H groups in total. The summed E-state index contributed by atoms with van der Waals surface area (Å²) in [5, 5.41) is 16.5. The molecular weight excluding hydrogens is 430 g/mol. The van der Waals surface area contributed by atoms with Crippen LogP contribution >= 0.6 is 11.8 Å². The van der Waals surface area contributed by atoms with Crippen molar-refractivity contribution in [2.24, 2.45) is 5.92 Å². The van der Waals surface area contributed by atoms with Crippen molar-refractivity contribution in [3.63, 3.8) is 0 Å². The fourth-order valence-corrected chi connectivity index (χ4v) is 4.89. The number of nitrogens with one attached hydrogen (secondary N) is 2. The minimum Gasteiger partial charge on any atom is -0.444 e. The van der Waals surface area contributed by atoms with E-state index in [4.69, 9.17) is 4.74 Å². The van der Waals surface area contributed by atoms with E-state index in [2.05, 4.69) is 10.6 Å². The van der Waals surface area contributed by atoms with Gasteiger partial charge in [0.1, 0.15) is 11.6 Å². The Morgan fingerprint density at radius 1 is 1.16 bits per heavy atom. The molecule has 2 amide bonds. The molecule has 0 aliphatic heterocycles. The summed E-state index contributed by atoms with van der Waals surface area (Å²) in [5.74, 6) is 1.78. The van der Waals surface area contributed by atoms with Crippen LogP contribution in [0.3, 0.4) is 0 Å². The number of alkyl carbamates (subject to hydrolysis) is 1. The zero-order valence-electron chi connectivity index (χ0n) is 19.4. The lowest BCUT2D eigenvalue weighted by Gasteiger charge is -2.25. The van der Waals surface area contributed by atoms with Crippen LogP contribution in [-0.4, -0.2) is 40.1 Å². The predicted octanol–water partition coefficient (Wildman–Crippen LogP) is 4.98. The molecule has 1 aliphatic carbocycles. The first-order chi connectivity index (χ1) is 15.0. The van der Waals surface area contributed by atoms with E-state index in [1.165, 1.54) is 44.2 Å². The summed E-state index contributed by atoms with van der Waals surface area (Å²) < 4.78 is 5.34. The number of hydrogen-bond donors (Lipinski definition) is 2. The van der Waals surface area contributed by atoms with Crippen molar-refractivity contribution in [2.45, 2.75) is 77.5 Å². The van der Waals surface area contributed by atoms with E-state index in [1.807, 2.05) is 0 Å². The second-order valence-electron chi connectivity index (χ2n) is 9.32. The Labute approximate surface area is 194 Å². The fraction of sp³-hybridized carbons (Fsp3) is 0.652. The number of nitrogens with zero attached hydrogens (tertiary/aromatic N) is 1. The first kappa shape index (κ1) is 26.0. The smallest absolute Gasteiger partial charge is 0.408 e. The van der Waals surface area contributed by atoms with Crippen LogP contribution in [0.25, 0.3) is 0 Å². The largest absolute Gasteiger partial charge is 0.444 e. The van der Waals surface area contributed by atoms with Crippen LogP contribution in [0.2, 0.25) is 0 Å². The summed E-state index contributed by atoms with van der Waals surface area (Å²) in [6.07, 6.45) is 5.64. The van der Waals surface area contributed by atoms with E-state index in [0.717, 1.165) is 11.3 Å². The molecule has 1 fully saturated rings. The van der Waals surface area contributed by atoms with Crippen molar-refractivity contribution in [1.29, 1.82) is 0 Å². The monoisotopic (exact) mass is 465 g/mol. The first-order valence-corrected chi connectivity index (χ1v) is 12.3. The van der Waals surface area contributed by atoms with Gasteiger partial charge < -0.3 is 15.4 Å². The maximum Gasteiger partial charge on any atom is 0.408 e. The van der Waals surface area contributed by atoms with Gasteiger partial charge in [-0.05, 0) is 57.8 Å². The van der Waals surface area contributed by atoms with Gasteiger partial charge in [0.25, 0.3) is 5.69 Å². The van der Waals surface area contributed by atoms with Gasteiger partial charge in [-0.2, -0.15) is 11.8 Å². The van der Waals surface area contributed by atoms with E-state index in [-0.39, 0.29) is 17.6 Å². The number of rotatable bonds is 9. The topological polar surface area (TPSA) is 111 Å². The summed E-state index contributed by atoms with van der Waals surface area (Å²) in [5.41, 5.74) is 0.0811. The van der Waals surface area contributed by atoms with E-state index < -0.39 is 22.7 Å². The van der Waals surface area contributed by atoms with Crippen molar-refractivity contribution < 1.29 is 19.2 Å². The number of nitro groups is 1. The van der Waals surface area contributed by atoms with Crippen molar-refractivity contribution in [3.8, 4) is 0 Å². The third-order valence-electron chi connectivity index (χ3n) is 5.33. The lowest BCUT2D eigenvalue weighted by molar-refractivity contribution is -0.384. The van der Waals surface area contributed by atoms with Gasteiger partial charge in [-0.15, -0.1) is 0 Å². The second kappa shape index (κ2) is 12.1. The van der Waals surface area contributed by atoms with Gasteiger partial charge in [-0.25, -0.2) is 4.79 Å². The molecule has 0 bridgehead atoms. The molecule has 2 rings (SSSR count). The predicted molar refractivity (Wildman–Crippen MR) is 127 cm³/mol. The Balaban J connectivity index is 1.98. The summed E-state index contributed by atoms with van der Waals surface area (Å²) in [6.45, 7) is 7.13. The van der Waals surface area contributed by atoms with Crippen molar-refractivity contribution in [3.05, 3.63) is 39.9 Å². The summed E-state index contributed by atoms with van der Waals surface area (Å²) in [6, 6.07) is 4.96. The SMILES string of the molecule is C[C@@H](NC(=O)[C@H](CSCC1CCCCC1)NC(=O)OC(C)(C)C)c1ccc([N+](=O)[O-])cc1. The number of carbonyl (C=O) groups excluding carboxylic acids is 2. The number of benzene rings is 1. The van der Waals surface area contributed by atoms with Gasteiger partial charge in [-0.1, -0.05) is 31.4 Å². The number of non-ortho nitro benzene ring substituents is 1. The number of nitro benzene ring substituents is 1. The van der Waals surface area contributed by atoms with E-state index in [0.29, 0.717) is 11.7 Å². The Morgan fingerprint density at radius 3 is 2.34 bits per heavy atom. The lowest BCUT2D eigenvalue weighted by Crippen LogP contribution is -2.50.